The Morgan fingerprint density at radius 1 is 1.31 bits per heavy atom. The first-order valence-corrected chi connectivity index (χ1v) is 6.93. The smallest absolute Gasteiger partial charge is 0.129 e. The maximum Gasteiger partial charge on any atom is 0.129 e. The maximum atomic E-state index is 10.1. The van der Waals surface area contributed by atoms with Crippen molar-refractivity contribution in [3.05, 3.63) is 41.3 Å². The van der Waals surface area contributed by atoms with Crippen LogP contribution in [-0.4, -0.2) is 17.8 Å². The molecular formula is C13H16ClOS. The SMILES string of the molecule is O=CCSCC[CH]CCc1cccc(Cl)c1. The van der Waals surface area contributed by atoms with Crippen LogP contribution in [0.5, 0.6) is 0 Å². The Labute approximate surface area is 107 Å². The third-order valence-electron chi connectivity index (χ3n) is 2.18. The van der Waals surface area contributed by atoms with Gasteiger partial charge in [0.1, 0.15) is 6.29 Å². The van der Waals surface area contributed by atoms with Crippen LogP contribution >= 0.6 is 23.4 Å². The van der Waals surface area contributed by atoms with Gasteiger partial charge < -0.3 is 4.79 Å². The molecule has 0 unspecified atom stereocenters. The molecule has 0 spiro atoms. The molecule has 1 rings (SSSR count). The summed E-state index contributed by atoms with van der Waals surface area (Å²) in [6.07, 6.45) is 6.41. The molecule has 0 fully saturated rings. The van der Waals surface area contributed by atoms with Gasteiger partial charge in [0, 0.05) is 10.8 Å². The molecule has 0 heterocycles. The summed E-state index contributed by atoms with van der Waals surface area (Å²) in [4.78, 5) is 10.1. The maximum absolute atomic E-state index is 10.1. The average molecular weight is 256 g/mol. The Kier molecular flexibility index (Phi) is 7.35. The number of aryl methyl sites for hydroxylation is 1. The standard InChI is InChI=1S/C13H16ClOS/c14-13-7-4-6-12(11-13)5-2-1-3-9-16-10-8-15/h1,4,6-8,11H,2-3,5,9-10H2. The van der Waals surface area contributed by atoms with E-state index < -0.39 is 0 Å². The van der Waals surface area contributed by atoms with Crippen molar-refractivity contribution in [1.82, 2.24) is 0 Å². The molecule has 1 radical (unpaired) electrons. The molecule has 0 saturated heterocycles. The summed E-state index contributed by atoms with van der Waals surface area (Å²) in [5.74, 6) is 1.65. The first-order valence-electron chi connectivity index (χ1n) is 5.40. The monoisotopic (exact) mass is 255 g/mol. The van der Waals surface area contributed by atoms with E-state index in [1.165, 1.54) is 5.56 Å². The number of hydrogen-bond acceptors (Lipinski definition) is 2. The van der Waals surface area contributed by atoms with Gasteiger partial charge in [-0.1, -0.05) is 23.7 Å². The molecule has 3 heteroatoms. The summed E-state index contributed by atoms with van der Waals surface area (Å²) in [7, 11) is 0. The van der Waals surface area contributed by atoms with Crippen LogP contribution in [0.4, 0.5) is 0 Å². The zero-order valence-electron chi connectivity index (χ0n) is 9.19. The number of thioether (sulfide) groups is 1. The molecule has 0 aliphatic heterocycles. The molecule has 0 amide bonds. The fourth-order valence-corrected chi connectivity index (χ4v) is 2.21. The van der Waals surface area contributed by atoms with Gasteiger partial charge in [0.15, 0.2) is 0 Å². The second kappa shape index (κ2) is 8.66. The van der Waals surface area contributed by atoms with Crippen molar-refractivity contribution in [2.45, 2.75) is 19.3 Å². The van der Waals surface area contributed by atoms with E-state index in [1.54, 1.807) is 11.8 Å². The quantitative estimate of drug-likeness (QED) is 0.519. The van der Waals surface area contributed by atoms with Crippen molar-refractivity contribution in [2.75, 3.05) is 11.5 Å². The Balaban J connectivity index is 2.05. The van der Waals surface area contributed by atoms with Crippen LogP contribution in [0.2, 0.25) is 5.02 Å². The van der Waals surface area contributed by atoms with Crippen LogP contribution in [0.1, 0.15) is 18.4 Å². The third kappa shape index (κ3) is 6.19. The Morgan fingerprint density at radius 3 is 2.94 bits per heavy atom. The third-order valence-corrected chi connectivity index (χ3v) is 3.31. The van der Waals surface area contributed by atoms with Crippen LogP contribution in [0.3, 0.4) is 0 Å². The normalized spacial score (nSPS) is 10.3. The van der Waals surface area contributed by atoms with Gasteiger partial charge in [-0.05, 0) is 49.1 Å². The second-order valence-electron chi connectivity index (χ2n) is 3.49. The number of benzene rings is 1. The highest BCUT2D eigenvalue weighted by Gasteiger charge is 1.95. The minimum atomic E-state index is 0.613. The number of aldehydes is 1. The Morgan fingerprint density at radius 2 is 2.19 bits per heavy atom. The van der Waals surface area contributed by atoms with E-state index in [0.29, 0.717) is 5.75 Å². The van der Waals surface area contributed by atoms with Crippen LogP contribution in [0, 0.1) is 6.42 Å². The van der Waals surface area contributed by atoms with E-state index in [4.69, 9.17) is 11.6 Å². The highest BCUT2D eigenvalue weighted by molar-refractivity contribution is 7.99. The number of unbranched alkanes of at least 4 members (excludes halogenated alkanes) is 2. The van der Waals surface area contributed by atoms with E-state index in [2.05, 4.69) is 12.5 Å². The first-order chi connectivity index (χ1) is 7.83. The molecule has 1 aromatic carbocycles. The van der Waals surface area contributed by atoms with Gasteiger partial charge in [0.25, 0.3) is 0 Å². The zero-order chi connectivity index (χ0) is 11.6. The molecule has 1 nitrogen and oxygen atoms in total. The fraction of sp³-hybridized carbons (Fsp3) is 0.385. The molecule has 16 heavy (non-hydrogen) atoms. The van der Waals surface area contributed by atoms with Gasteiger partial charge in [-0.15, -0.1) is 0 Å². The number of carbonyl (C=O) groups excluding carboxylic acids is 1. The van der Waals surface area contributed by atoms with E-state index >= 15 is 0 Å². The highest BCUT2D eigenvalue weighted by atomic mass is 35.5. The minimum Gasteiger partial charge on any atom is -0.302 e. The molecule has 0 aliphatic carbocycles. The average Bonchev–Trinajstić information content (AvgIpc) is 2.28. The molecule has 0 N–H and O–H groups in total. The summed E-state index contributed by atoms with van der Waals surface area (Å²) in [5, 5.41) is 0.805. The fourth-order valence-electron chi connectivity index (χ4n) is 1.40. The van der Waals surface area contributed by atoms with Gasteiger partial charge in [-0.3, -0.25) is 0 Å². The van der Waals surface area contributed by atoms with E-state index in [9.17, 15) is 4.79 Å². The summed E-state index contributed by atoms with van der Waals surface area (Å²) in [6, 6.07) is 7.99. The molecule has 1 aromatic rings. The molecule has 0 aliphatic rings. The number of rotatable bonds is 8. The van der Waals surface area contributed by atoms with Crippen molar-refractivity contribution in [2.24, 2.45) is 0 Å². The predicted molar refractivity (Wildman–Crippen MR) is 72.1 cm³/mol. The predicted octanol–water partition coefficient (Wildman–Crippen LogP) is 3.80. The minimum absolute atomic E-state index is 0.613. The van der Waals surface area contributed by atoms with E-state index in [-0.39, 0.29) is 0 Å². The summed E-state index contributed by atoms with van der Waals surface area (Å²) in [5.41, 5.74) is 1.28. The van der Waals surface area contributed by atoms with Crippen molar-refractivity contribution in [1.29, 1.82) is 0 Å². The molecular weight excluding hydrogens is 240 g/mol. The van der Waals surface area contributed by atoms with Crippen LogP contribution in [0.15, 0.2) is 24.3 Å². The lowest BCUT2D eigenvalue weighted by Crippen LogP contribution is -1.89. The van der Waals surface area contributed by atoms with E-state index in [0.717, 1.165) is 36.3 Å². The number of halogens is 1. The molecule has 0 aromatic heterocycles. The van der Waals surface area contributed by atoms with Crippen molar-refractivity contribution in [3.63, 3.8) is 0 Å². The topological polar surface area (TPSA) is 17.1 Å². The van der Waals surface area contributed by atoms with Crippen molar-refractivity contribution >= 4 is 29.6 Å². The summed E-state index contributed by atoms with van der Waals surface area (Å²) < 4.78 is 0. The first kappa shape index (κ1) is 13.6. The summed E-state index contributed by atoms with van der Waals surface area (Å²) >= 11 is 7.58. The molecule has 0 bridgehead atoms. The highest BCUT2D eigenvalue weighted by Crippen LogP contribution is 2.13. The largest absolute Gasteiger partial charge is 0.302 e. The lowest BCUT2D eigenvalue weighted by Gasteiger charge is -2.01. The van der Waals surface area contributed by atoms with Gasteiger partial charge in [-0.2, -0.15) is 11.8 Å². The van der Waals surface area contributed by atoms with Gasteiger partial charge in [-0.25, -0.2) is 0 Å². The molecule has 87 valence electrons. The Bertz CT molecular complexity index is 315. The van der Waals surface area contributed by atoms with Gasteiger partial charge in [0.2, 0.25) is 0 Å². The Hall–Kier alpha value is -0.470. The van der Waals surface area contributed by atoms with E-state index in [1.807, 2.05) is 18.2 Å². The van der Waals surface area contributed by atoms with Crippen LogP contribution in [0.25, 0.3) is 0 Å². The molecule has 0 atom stereocenters. The lowest BCUT2D eigenvalue weighted by molar-refractivity contribution is -0.105. The van der Waals surface area contributed by atoms with Crippen molar-refractivity contribution in [3.8, 4) is 0 Å². The lowest BCUT2D eigenvalue weighted by atomic mass is 10.1. The summed E-state index contributed by atoms with van der Waals surface area (Å²) in [6.45, 7) is 0. The van der Waals surface area contributed by atoms with Gasteiger partial charge >= 0.3 is 0 Å². The van der Waals surface area contributed by atoms with Crippen LogP contribution < -0.4 is 0 Å². The van der Waals surface area contributed by atoms with Crippen molar-refractivity contribution < 1.29 is 4.79 Å². The number of hydrogen-bond donors (Lipinski definition) is 0. The number of carbonyl (C=O) groups is 1. The molecule has 0 saturated carbocycles. The zero-order valence-corrected chi connectivity index (χ0v) is 10.8. The van der Waals surface area contributed by atoms with Gasteiger partial charge in [0.05, 0.1) is 0 Å². The van der Waals surface area contributed by atoms with Crippen LogP contribution in [-0.2, 0) is 11.2 Å². The second-order valence-corrected chi connectivity index (χ2v) is 5.07.